The molecule has 152 valence electrons. The number of amides is 2. The van der Waals surface area contributed by atoms with Crippen LogP contribution < -0.4 is 10.6 Å². The van der Waals surface area contributed by atoms with Crippen molar-refractivity contribution in [3.05, 3.63) is 29.8 Å². The van der Waals surface area contributed by atoms with Crippen LogP contribution >= 0.6 is 0 Å². The van der Waals surface area contributed by atoms with E-state index in [2.05, 4.69) is 44.5 Å². The van der Waals surface area contributed by atoms with Crippen molar-refractivity contribution in [3.63, 3.8) is 0 Å². The molecule has 0 bridgehead atoms. The Hall–Kier alpha value is -1.86. The van der Waals surface area contributed by atoms with Crippen molar-refractivity contribution >= 4 is 26.0 Å². The minimum atomic E-state index is -1.77. The lowest BCUT2D eigenvalue weighted by atomic mass is 10.2. The van der Waals surface area contributed by atoms with E-state index in [4.69, 9.17) is 9.16 Å². The van der Waals surface area contributed by atoms with Gasteiger partial charge in [0.2, 0.25) is 5.91 Å². The number of benzene rings is 1. The maximum atomic E-state index is 12.0. The predicted molar refractivity (Wildman–Crippen MR) is 111 cm³/mol. The van der Waals surface area contributed by atoms with Gasteiger partial charge in [-0.1, -0.05) is 32.9 Å². The summed E-state index contributed by atoms with van der Waals surface area (Å²) in [6.07, 6.45) is 0.444. The SMILES string of the molecule is CCOC(=O)NCCCC(=O)Nc1ccc(CO[Si](C)(C)C(C)(C)C)cc1. The summed E-state index contributed by atoms with van der Waals surface area (Å²) in [5.41, 5.74) is 1.85. The maximum absolute atomic E-state index is 12.0. The third-order valence-corrected chi connectivity index (χ3v) is 9.25. The Morgan fingerprint density at radius 3 is 2.30 bits per heavy atom. The first-order valence-corrected chi connectivity index (χ1v) is 12.4. The summed E-state index contributed by atoms with van der Waals surface area (Å²) in [5, 5.41) is 5.64. The molecule has 0 aliphatic heterocycles. The van der Waals surface area contributed by atoms with Crippen molar-refractivity contribution in [2.45, 2.75) is 65.3 Å². The van der Waals surface area contributed by atoms with E-state index in [9.17, 15) is 9.59 Å². The largest absolute Gasteiger partial charge is 0.450 e. The van der Waals surface area contributed by atoms with E-state index in [0.29, 0.717) is 32.6 Å². The molecule has 1 rings (SSSR count). The van der Waals surface area contributed by atoms with Gasteiger partial charge in [-0.25, -0.2) is 4.79 Å². The molecule has 6 nitrogen and oxygen atoms in total. The van der Waals surface area contributed by atoms with Crippen LogP contribution in [0.3, 0.4) is 0 Å². The summed E-state index contributed by atoms with van der Waals surface area (Å²) < 4.78 is 11.0. The lowest BCUT2D eigenvalue weighted by molar-refractivity contribution is -0.116. The van der Waals surface area contributed by atoms with Gasteiger partial charge >= 0.3 is 6.09 Å². The van der Waals surface area contributed by atoms with Crippen LogP contribution in [-0.4, -0.2) is 33.5 Å². The minimum absolute atomic E-state index is 0.0778. The molecule has 0 radical (unpaired) electrons. The van der Waals surface area contributed by atoms with Crippen LogP contribution in [0.25, 0.3) is 0 Å². The number of nitrogens with one attached hydrogen (secondary N) is 2. The summed E-state index contributed by atoms with van der Waals surface area (Å²) in [4.78, 5) is 23.1. The molecule has 0 spiro atoms. The first kappa shape index (κ1) is 23.2. The van der Waals surface area contributed by atoms with Gasteiger partial charge in [-0.05, 0) is 49.2 Å². The number of hydrogen-bond acceptors (Lipinski definition) is 4. The molecule has 1 aromatic carbocycles. The first-order chi connectivity index (χ1) is 12.5. The van der Waals surface area contributed by atoms with Gasteiger partial charge in [-0.3, -0.25) is 4.79 Å². The lowest BCUT2D eigenvalue weighted by Crippen LogP contribution is -2.40. The van der Waals surface area contributed by atoms with Gasteiger partial charge in [0.25, 0.3) is 0 Å². The molecule has 0 atom stereocenters. The Morgan fingerprint density at radius 1 is 1.11 bits per heavy atom. The van der Waals surface area contributed by atoms with E-state index >= 15 is 0 Å². The van der Waals surface area contributed by atoms with Crippen LogP contribution in [-0.2, 0) is 20.6 Å². The first-order valence-electron chi connectivity index (χ1n) is 9.48. The van der Waals surface area contributed by atoms with Crippen LogP contribution in [0.1, 0.15) is 46.1 Å². The molecule has 0 saturated carbocycles. The highest BCUT2D eigenvalue weighted by atomic mass is 28.4. The van der Waals surface area contributed by atoms with Gasteiger partial charge in [0.1, 0.15) is 0 Å². The van der Waals surface area contributed by atoms with Crippen molar-refractivity contribution in [2.24, 2.45) is 0 Å². The second-order valence-electron chi connectivity index (χ2n) is 8.04. The third-order valence-electron chi connectivity index (χ3n) is 4.77. The Morgan fingerprint density at radius 2 is 1.74 bits per heavy atom. The number of ether oxygens (including phenoxy) is 1. The molecule has 0 aliphatic carbocycles. The van der Waals surface area contributed by atoms with Gasteiger partial charge in [0.05, 0.1) is 13.2 Å². The zero-order valence-electron chi connectivity index (χ0n) is 17.5. The van der Waals surface area contributed by atoms with E-state index < -0.39 is 14.4 Å². The van der Waals surface area contributed by atoms with Crippen LogP contribution in [0.2, 0.25) is 18.1 Å². The number of carbonyl (C=O) groups is 2. The highest BCUT2D eigenvalue weighted by Crippen LogP contribution is 2.37. The van der Waals surface area contributed by atoms with Gasteiger partial charge in [-0.15, -0.1) is 0 Å². The number of anilines is 1. The van der Waals surface area contributed by atoms with E-state index in [1.807, 2.05) is 24.3 Å². The maximum Gasteiger partial charge on any atom is 0.407 e. The predicted octanol–water partition coefficient (Wildman–Crippen LogP) is 4.67. The smallest absolute Gasteiger partial charge is 0.407 e. The molecular weight excluding hydrogens is 360 g/mol. The molecule has 0 aliphatic rings. The molecule has 0 fully saturated rings. The van der Waals surface area contributed by atoms with Gasteiger partial charge in [0.15, 0.2) is 8.32 Å². The Kier molecular flexibility index (Phi) is 8.98. The molecular formula is C20H34N2O4Si. The number of carbonyl (C=O) groups excluding carboxylic acids is 2. The van der Waals surface area contributed by atoms with Crippen LogP contribution in [0.5, 0.6) is 0 Å². The molecule has 27 heavy (non-hydrogen) atoms. The number of alkyl carbamates (subject to hydrolysis) is 1. The van der Waals surface area contributed by atoms with E-state index in [-0.39, 0.29) is 10.9 Å². The summed E-state index contributed by atoms with van der Waals surface area (Å²) in [5.74, 6) is -0.0778. The average Bonchev–Trinajstić information content (AvgIpc) is 2.57. The highest BCUT2D eigenvalue weighted by Gasteiger charge is 2.36. The van der Waals surface area contributed by atoms with Gasteiger partial charge in [-0.2, -0.15) is 0 Å². The molecule has 0 saturated heterocycles. The van der Waals surface area contributed by atoms with Crippen molar-refractivity contribution in [1.29, 1.82) is 0 Å². The summed E-state index contributed by atoms with van der Waals surface area (Å²) in [6.45, 7) is 14.2. The fourth-order valence-electron chi connectivity index (χ4n) is 2.01. The average molecular weight is 395 g/mol. The monoisotopic (exact) mass is 394 g/mol. The second kappa shape index (κ2) is 10.5. The normalized spacial score (nSPS) is 11.8. The Bertz CT molecular complexity index is 609. The van der Waals surface area contributed by atoms with Crippen molar-refractivity contribution < 1.29 is 18.8 Å². The van der Waals surface area contributed by atoms with E-state index in [0.717, 1.165) is 11.3 Å². The number of hydrogen-bond donors (Lipinski definition) is 2. The van der Waals surface area contributed by atoms with E-state index in [1.165, 1.54) is 0 Å². The van der Waals surface area contributed by atoms with Crippen molar-refractivity contribution in [2.75, 3.05) is 18.5 Å². The fraction of sp³-hybridized carbons (Fsp3) is 0.600. The number of rotatable bonds is 9. The molecule has 0 aromatic heterocycles. The van der Waals surface area contributed by atoms with Crippen molar-refractivity contribution in [1.82, 2.24) is 5.32 Å². The molecule has 0 unspecified atom stereocenters. The standard InChI is InChI=1S/C20H34N2O4Si/c1-7-25-19(24)21-14-8-9-18(23)22-17-12-10-16(11-13-17)15-26-27(5,6)20(2,3)4/h10-13H,7-9,14-15H2,1-6H3,(H,21,24)(H,22,23). The highest BCUT2D eigenvalue weighted by molar-refractivity contribution is 6.74. The molecule has 0 heterocycles. The quantitative estimate of drug-likeness (QED) is 0.471. The fourth-order valence-corrected chi connectivity index (χ4v) is 2.97. The molecule has 7 heteroatoms. The summed E-state index contributed by atoms with van der Waals surface area (Å²) in [6, 6.07) is 7.73. The molecule has 2 amide bonds. The van der Waals surface area contributed by atoms with Crippen LogP contribution in [0, 0.1) is 0 Å². The molecule has 2 N–H and O–H groups in total. The Balaban J connectivity index is 2.37. The zero-order valence-corrected chi connectivity index (χ0v) is 18.5. The van der Waals surface area contributed by atoms with Gasteiger partial charge in [0, 0.05) is 18.7 Å². The van der Waals surface area contributed by atoms with Crippen LogP contribution in [0.15, 0.2) is 24.3 Å². The summed E-state index contributed by atoms with van der Waals surface area (Å²) >= 11 is 0. The van der Waals surface area contributed by atoms with Crippen LogP contribution in [0.4, 0.5) is 10.5 Å². The topological polar surface area (TPSA) is 76.7 Å². The van der Waals surface area contributed by atoms with E-state index in [1.54, 1.807) is 6.92 Å². The second-order valence-corrected chi connectivity index (χ2v) is 12.9. The Labute approximate surface area is 164 Å². The molecule has 1 aromatic rings. The summed E-state index contributed by atoms with van der Waals surface area (Å²) in [7, 11) is -1.77. The lowest BCUT2D eigenvalue weighted by Gasteiger charge is -2.36. The zero-order chi connectivity index (χ0) is 20.5. The third kappa shape index (κ3) is 8.58. The van der Waals surface area contributed by atoms with Gasteiger partial charge < -0.3 is 19.8 Å². The minimum Gasteiger partial charge on any atom is -0.450 e. The van der Waals surface area contributed by atoms with Crippen molar-refractivity contribution in [3.8, 4) is 0 Å².